The molecule has 0 saturated heterocycles. The van der Waals surface area contributed by atoms with Gasteiger partial charge in [0, 0.05) is 29.3 Å². The van der Waals surface area contributed by atoms with E-state index in [2.05, 4.69) is 19.2 Å². The van der Waals surface area contributed by atoms with Crippen LogP contribution in [-0.2, 0) is 14.3 Å². The molecule has 2 aliphatic heterocycles. The van der Waals surface area contributed by atoms with Crippen LogP contribution in [0.2, 0.25) is 0 Å². The van der Waals surface area contributed by atoms with Crippen LogP contribution in [0.25, 0.3) is 0 Å². The van der Waals surface area contributed by atoms with Gasteiger partial charge in [0.15, 0.2) is 17.3 Å². The van der Waals surface area contributed by atoms with Crippen LogP contribution in [0, 0.1) is 5.41 Å². The fourth-order valence-electron chi connectivity index (χ4n) is 5.71. The maximum atomic E-state index is 13.6. The van der Waals surface area contributed by atoms with Gasteiger partial charge in [-0.2, -0.15) is 0 Å². The predicted molar refractivity (Wildman–Crippen MR) is 124 cm³/mol. The second-order valence-electron chi connectivity index (χ2n) is 10.6. The van der Waals surface area contributed by atoms with Gasteiger partial charge in [0.05, 0.1) is 5.57 Å². The van der Waals surface area contributed by atoms with Crippen LogP contribution in [0.5, 0.6) is 11.5 Å². The molecule has 0 amide bonds. The number of ketones is 1. The first-order chi connectivity index (χ1) is 15.8. The molecule has 4 aliphatic rings. The van der Waals surface area contributed by atoms with Gasteiger partial charge in [-0.05, 0) is 62.1 Å². The molecule has 0 radical (unpaired) electrons. The van der Waals surface area contributed by atoms with Crippen molar-refractivity contribution in [3.05, 3.63) is 46.3 Å². The monoisotopic (exact) mass is 451 g/mol. The molecule has 0 bridgehead atoms. The third-order valence-electron chi connectivity index (χ3n) is 7.27. The van der Waals surface area contributed by atoms with Gasteiger partial charge >= 0.3 is 5.97 Å². The first-order valence-corrected chi connectivity index (χ1v) is 12.2. The lowest BCUT2D eigenvalue weighted by Crippen LogP contribution is -2.39. The quantitative estimate of drug-likeness (QED) is 0.498. The fraction of sp³-hybridized carbons (Fsp3) is 0.556. The third-order valence-corrected chi connectivity index (χ3v) is 7.27. The molecular weight excluding hydrogens is 418 g/mol. The van der Waals surface area contributed by atoms with Gasteiger partial charge in [-0.25, -0.2) is 4.79 Å². The molecule has 6 nitrogen and oxygen atoms in total. The van der Waals surface area contributed by atoms with Gasteiger partial charge in [0.25, 0.3) is 0 Å². The van der Waals surface area contributed by atoms with Crippen LogP contribution in [0.1, 0.15) is 83.6 Å². The highest BCUT2D eigenvalue weighted by molar-refractivity contribution is 6.04. The van der Waals surface area contributed by atoms with Crippen LogP contribution in [0.4, 0.5) is 0 Å². The zero-order valence-corrected chi connectivity index (χ0v) is 19.8. The van der Waals surface area contributed by atoms with E-state index >= 15 is 0 Å². The van der Waals surface area contributed by atoms with Crippen molar-refractivity contribution in [2.24, 2.45) is 5.41 Å². The molecule has 1 N–H and O–H groups in total. The summed E-state index contributed by atoms with van der Waals surface area (Å²) in [5.74, 6) is 0.618. The molecule has 0 unspecified atom stereocenters. The summed E-state index contributed by atoms with van der Waals surface area (Å²) in [6, 6.07) is 5.70. The number of ether oxygens (including phenoxy) is 3. The van der Waals surface area contributed by atoms with Gasteiger partial charge in [0.1, 0.15) is 6.10 Å². The highest BCUT2D eigenvalue weighted by atomic mass is 16.7. The molecule has 1 aromatic rings. The van der Waals surface area contributed by atoms with E-state index in [0.29, 0.717) is 29.1 Å². The van der Waals surface area contributed by atoms with Crippen LogP contribution in [0.3, 0.4) is 0 Å². The molecular formula is C27H33NO5. The molecule has 2 aliphatic carbocycles. The van der Waals surface area contributed by atoms with Gasteiger partial charge < -0.3 is 19.5 Å². The van der Waals surface area contributed by atoms with Crippen molar-refractivity contribution in [3.63, 3.8) is 0 Å². The Kier molecular flexibility index (Phi) is 5.71. The Morgan fingerprint density at radius 3 is 2.55 bits per heavy atom. The molecule has 1 saturated carbocycles. The smallest absolute Gasteiger partial charge is 0.337 e. The predicted octanol–water partition coefficient (Wildman–Crippen LogP) is 5.29. The summed E-state index contributed by atoms with van der Waals surface area (Å²) in [4.78, 5) is 27.0. The topological polar surface area (TPSA) is 73.9 Å². The number of hydrogen-bond donors (Lipinski definition) is 1. The molecule has 2 heterocycles. The second kappa shape index (κ2) is 8.54. The first-order valence-electron chi connectivity index (χ1n) is 12.2. The van der Waals surface area contributed by atoms with Crippen molar-refractivity contribution in [2.75, 3.05) is 6.79 Å². The molecule has 33 heavy (non-hydrogen) atoms. The standard InChI is InChI=1S/C27H33NO5/c1-16-23(26(30)33-18-8-6-4-5-7-9-18)24(17-10-11-21-22(12-17)32-15-31-21)25-19(28-16)13-27(2,3)14-20(25)29/h10-12,18,24,28H,4-9,13-15H2,1-3H3/t24-/m1/s1. The summed E-state index contributed by atoms with van der Waals surface area (Å²) in [5.41, 5.74) is 3.63. The van der Waals surface area contributed by atoms with Crippen LogP contribution in [-0.4, -0.2) is 24.6 Å². The maximum Gasteiger partial charge on any atom is 0.337 e. The van der Waals surface area contributed by atoms with Crippen molar-refractivity contribution >= 4 is 11.8 Å². The van der Waals surface area contributed by atoms with Crippen LogP contribution < -0.4 is 14.8 Å². The van der Waals surface area contributed by atoms with E-state index in [1.54, 1.807) is 0 Å². The molecule has 1 atom stereocenters. The Morgan fingerprint density at radius 1 is 1.06 bits per heavy atom. The third kappa shape index (κ3) is 4.28. The zero-order valence-electron chi connectivity index (χ0n) is 19.8. The Labute approximate surface area is 195 Å². The van der Waals surface area contributed by atoms with Gasteiger partial charge in [-0.1, -0.05) is 32.8 Å². The van der Waals surface area contributed by atoms with E-state index in [1.165, 1.54) is 12.8 Å². The average Bonchev–Trinajstić information content (AvgIpc) is 3.07. The molecule has 1 fully saturated rings. The number of esters is 1. The lowest BCUT2D eigenvalue weighted by atomic mass is 9.68. The van der Waals surface area contributed by atoms with Gasteiger partial charge in [0.2, 0.25) is 6.79 Å². The normalized spacial score (nSPS) is 24.8. The number of benzene rings is 1. The second-order valence-corrected chi connectivity index (χ2v) is 10.6. The Bertz CT molecular complexity index is 1040. The molecule has 1 aromatic carbocycles. The van der Waals surface area contributed by atoms with E-state index in [0.717, 1.165) is 49.1 Å². The SMILES string of the molecule is CC1=C(C(=O)OC2CCCCCC2)[C@@H](c2ccc3c(c2)OCO3)C2=C(CC(C)(C)CC2=O)N1. The van der Waals surface area contributed by atoms with E-state index in [9.17, 15) is 9.59 Å². The van der Waals surface area contributed by atoms with Crippen molar-refractivity contribution in [2.45, 2.75) is 84.2 Å². The number of carbonyl (C=O) groups excluding carboxylic acids is 2. The van der Waals surface area contributed by atoms with E-state index in [-0.39, 0.29) is 30.1 Å². The highest BCUT2D eigenvalue weighted by Crippen LogP contribution is 2.48. The van der Waals surface area contributed by atoms with E-state index < -0.39 is 5.92 Å². The molecule has 176 valence electrons. The van der Waals surface area contributed by atoms with Crippen molar-refractivity contribution in [1.82, 2.24) is 5.32 Å². The van der Waals surface area contributed by atoms with Crippen molar-refractivity contribution in [3.8, 4) is 11.5 Å². The minimum absolute atomic E-state index is 0.0610. The number of fused-ring (bicyclic) bond motifs is 1. The number of dihydropyridines is 1. The summed E-state index contributed by atoms with van der Waals surface area (Å²) < 4.78 is 17.2. The lowest BCUT2D eigenvalue weighted by Gasteiger charge is -2.39. The van der Waals surface area contributed by atoms with Gasteiger partial charge in [-0.3, -0.25) is 4.79 Å². The summed E-state index contributed by atoms with van der Waals surface area (Å²) in [6.07, 6.45) is 7.52. The average molecular weight is 452 g/mol. The summed E-state index contributed by atoms with van der Waals surface area (Å²) in [5, 5.41) is 3.42. The number of nitrogens with one attached hydrogen (secondary N) is 1. The molecule has 0 aromatic heterocycles. The van der Waals surface area contributed by atoms with Crippen molar-refractivity contribution in [1.29, 1.82) is 0 Å². The maximum absolute atomic E-state index is 13.6. The zero-order chi connectivity index (χ0) is 23.2. The Morgan fingerprint density at radius 2 is 1.79 bits per heavy atom. The number of Topliss-reactive ketones (excluding diaryl/α,β-unsaturated/α-hetero) is 1. The number of carbonyl (C=O) groups is 2. The largest absolute Gasteiger partial charge is 0.459 e. The summed E-state index contributed by atoms with van der Waals surface area (Å²) >= 11 is 0. The van der Waals surface area contributed by atoms with Gasteiger partial charge in [-0.15, -0.1) is 0 Å². The Balaban J connectivity index is 1.55. The summed E-state index contributed by atoms with van der Waals surface area (Å²) in [7, 11) is 0. The van der Waals surface area contributed by atoms with E-state index in [4.69, 9.17) is 14.2 Å². The minimum Gasteiger partial charge on any atom is -0.459 e. The Hall–Kier alpha value is -2.76. The highest BCUT2D eigenvalue weighted by Gasteiger charge is 2.43. The molecule has 5 rings (SSSR count). The van der Waals surface area contributed by atoms with Crippen molar-refractivity contribution < 1.29 is 23.8 Å². The summed E-state index contributed by atoms with van der Waals surface area (Å²) in [6.45, 7) is 6.32. The number of allylic oxidation sites excluding steroid dienone is 3. The fourth-order valence-corrected chi connectivity index (χ4v) is 5.71. The van der Waals surface area contributed by atoms with Crippen LogP contribution >= 0.6 is 0 Å². The number of hydrogen-bond acceptors (Lipinski definition) is 6. The molecule has 6 heteroatoms. The molecule has 0 spiro atoms. The lowest BCUT2D eigenvalue weighted by molar-refractivity contribution is -0.145. The minimum atomic E-state index is -0.474. The van der Waals surface area contributed by atoms with Crippen LogP contribution in [0.15, 0.2) is 40.7 Å². The first kappa shape index (κ1) is 22.1. The van der Waals surface area contributed by atoms with E-state index in [1.807, 2.05) is 25.1 Å². The number of rotatable bonds is 3.